The molecule has 0 saturated carbocycles. The molecule has 8 nitrogen and oxygen atoms in total. The van der Waals surface area contributed by atoms with Crippen LogP contribution in [0.2, 0.25) is 0 Å². The molecule has 0 aromatic carbocycles. The largest absolute Gasteiger partial charge is 0.342 e. The zero-order valence-electron chi connectivity index (χ0n) is 12.1. The molecule has 3 saturated heterocycles. The van der Waals surface area contributed by atoms with E-state index >= 15 is 0 Å². The number of ether oxygens (including phenoxy) is 2. The molecule has 3 rings (SSSR count). The van der Waals surface area contributed by atoms with Crippen molar-refractivity contribution in [3.05, 3.63) is 0 Å². The fourth-order valence-electron chi connectivity index (χ4n) is 2.13. The number of hydrogen-bond acceptors (Lipinski definition) is 8. The van der Waals surface area contributed by atoms with Crippen LogP contribution >= 0.6 is 17.2 Å². The average Bonchev–Trinajstić information content (AvgIpc) is 3.15. The van der Waals surface area contributed by atoms with E-state index in [9.17, 15) is 0 Å². The molecule has 0 spiro atoms. The summed E-state index contributed by atoms with van der Waals surface area (Å²) >= 11 is 0. The lowest BCUT2D eigenvalue weighted by molar-refractivity contribution is -0.150. The van der Waals surface area contributed by atoms with Crippen molar-refractivity contribution in [3.8, 4) is 0 Å². The van der Waals surface area contributed by atoms with Gasteiger partial charge in [-0.2, -0.15) is 0 Å². The van der Waals surface area contributed by atoms with Crippen molar-refractivity contribution in [2.24, 2.45) is 0 Å². The fraction of sp³-hybridized carbons (Fsp3) is 1.00. The van der Waals surface area contributed by atoms with Crippen molar-refractivity contribution in [1.29, 1.82) is 0 Å². The Morgan fingerprint density at radius 2 is 1.19 bits per heavy atom. The second-order valence-electron chi connectivity index (χ2n) is 5.08. The Morgan fingerprint density at radius 1 is 0.810 bits per heavy atom. The molecule has 2 atom stereocenters. The van der Waals surface area contributed by atoms with Crippen LogP contribution in [-0.4, -0.2) is 57.6 Å². The third-order valence-electron chi connectivity index (χ3n) is 2.93. The van der Waals surface area contributed by atoms with Gasteiger partial charge in [0.25, 0.3) is 0 Å². The molecule has 0 aliphatic carbocycles. The van der Waals surface area contributed by atoms with Gasteiger partial charge < -0.3 is 36.6 Å². The summed E-state index contributed by atoms with van der Waals surface area (Å²) in [7, 11) is -2.50. The summed E-state index contributed by atoms with van der Waals surface area (Å²) in [6, 6.07) is 0. The van der Waals surface area contributed by atoms with Crippen LogP contribution in [0.1, 0.15) is 13.8 Å². The summed E-state index contributed by atoms with van der Waals surface area (Å²) < 4.78 is 44.0. The molecule has 3 fully saturated rings. The summed E-state index contributed by atoms with van der Waals surface area (Å²) in [6.45, 7) is 6.69. The molecule has 0 bridgehead atoms. The minimum Gasteiger partial charge on any atom is -0.342 e. The molecule has 21 heavy (non-hydrogen) atoms. The van der Waals surface area contributed by atoms with E-state index in [0.717, 1.165) is 0 Å². The maximum absolute atomic E-state index is 5.83. The van der Waals surface area contributed by atoms with Crippen molar-refractivity contribution in [1.82, 2.24) is 0 Å². The highest BCUT2D eigenvalue weighted by molar-refractivity contribution is 7.42. The molecule has 0 amide bonds. The normalized spacial score (nSPS) is 34.0. The highest BCUT2D eigenvalue weighted by atomic mass is 31.2. The van der Waals surface area contributed by atoms with Crippen LogP contribution in [0.25, 0.3) is 0 Å². The van der Waals surface area contributed by atoms with Gasteiger partial charge in [-0.1, -0.05) is 0 Å². The van der Waals surface area contributed by atoms with E-state index in [0.29, 0.717) is 39.6 Å². The van der Waals surface area contributed by atoms with Crippen molar-refractivity contribution >= 4 is 17.2 Å². The van der Waals surface area contributed by atoms with Gasteiger partial charge in [0.2, 0.25) is 0 Å². The Balaban J connectivity index is 1.46. The van der Waals surface area contributed by atoms with Gasteiger partial charge in [0.15, 0.2) is 5.79 Å². The number of rotatable bonds is 6. The maximum atomic E-state index is 5.83. The van der Waals surface area contributed by atoms with Crippen molar-refractivity contribution in [2.45, 2.75) is 31.8 Å². The molecular formula is C11H20O8P2. The van der Waals surface area contributed by atoms with E-state index in [2.05, 4.69) is 0 Å². The van der Waals surface area contributed by atoms with Gasteiger partial charge >= 0.3 is 17.2 Å². The molecule has 0 aromatic rings. The highest BCUT2D eigenvalue weighted by Gasteiger charge is 2.43. The molecule has 3 aliphatic heterocycles. The first-order chi connectivity index (χ1) is 10.1. The quantitative estimate of drug-likeness (QED) is 0.680. The van der Waals surface area contributed by atoms with Crippen LogP contribution in [0.15, 0.2) is 0 Å². The van der Waals surface area contributed by atoms with Gasteiger partial charge in [0.05, 0.1) is 39.6 Å². The Morgan fingerprint density at radius 3 is 1.57 bits per heavy atom. The Bertz CT molecular complexity index is 302. The highest BCUT2D eigenvalue weighted by Crippen LogP contribution is 2.46. The minimum absolute atomic E-state index is 0.243. The van der Waals surface area contributed by atoms with Crippen molar-refractivity contribution in [2.75, 3.05) is 39.6 Å². The molecule has 0 aromatic heterocycles. The van der Waals surface area contributed by atoms with Gasteiger partial charge in [-0.3, -0.25) is 0 Å². The van der Waals surface area contributed by atoms with Crippen LogP contribution in [-0.2, 0) is 36.6 Å². The standard InChI is InChI=1S/C11H20O8P2/c1-11(2)18-9(7-16-20-12-3-4-13-20)10(19-11)8-17-21-14-5-6-15-21/h9-10H,3-8H2,1-2H3/t9-,10-/m1/s1. The van der Waals surface area contributed by atoms with Crippen LogP contribution in [0, 0.1) is 0 Å². The zero-order valence-corrected chi connectivity index (χ0v) is 13.8. The van der Waals surface area contributed by atoms with E-state index in [1.165, 1.54) is 0 Å². The topological polar surface area (TPSA) is 73.8 Å². The second kappa shape index (κ2) is 7.41. The lowest BCUT2D eigenvalue weighted by Gasteiger charge is -2.18. The molecule has 0 unspecified atom stereocenters. The average molecular weight is 342 g/mol. The first-order valence-electron chi connectivity index (χ1n) is 6.86. The molecule has 3 heterocycles. The molecular weight excluding hydrogens is 322 g/mol. The van der Waals surface area contributed by atoms with Crippen LogP contribution in [0.5, 0.6) is 0 Å². The second-order valence-corrected chi connectivity index (χ2v) is 7.53. The Kier molecular flexibility index (Phi) is 5.78. The van der Waals surface area contributed by atoms with Gasteiger partial charge in [-0.15, -0.1) is 0 Å². The molecule has 0 radical (unpaired) electrons. The molecule has 0 N–H and O–H groups in total. The summed E-state index contributed by atoms with van der Waals surface area (Å²) in [5, 5.41) is 0. The number of hydrogen-bond donors (Lipinski definition) is 0. The van der Waals surface area contributed by atoms with Gasteiger partial charge in [0, 0.05) is 0 Å². The zero-order chi connectivity index (χ0) is 14.7. The van der Waals surface area contributed by atoms with Gasteiger partial charge in [-0.25, -0.2) is 0 Å². The SMILES string of the molecule is CC1(C)O[C@H](COP2OCCO2)[C@@H](COP2OCCO2)O1. The summed E-state index contributed by atoms with van der Waals surface area (Å²) in [6.07, 6.45) is -0.485. The smallest absolute Gasteiger partial charge is 0.332 e. The predicted molar refractivity (Wildman–Crippen MR) is 73.4 cm³/mol. The molecule has 10 heteroatoms. The summed E-state index contributed by atoms with van der Waals surface area (Å²) in [5.74, 6) is -0.669. The minimum atomic E-state index is -1.25. The predicted octanol–water partition coefficient (Wildman–Crippen LogP) is 2.09. The van der Waals surface area contributed by atoms with E-state index in [4.69, 9.17) is 36.6 Å². The third kappa shape index (κ3) is 4.75. The van der Waals surface area contributed by atoms with Gasteiger partial charge in [0.1, 0.15) is 12.2 Å². The first kappa shape index (κ1) is 16.4. The summed E-state index contributed by atoms with van der Waals surface area (Å²) in [5.41, 5.74) is 0. The van der Waals surface area contributed by atoms with Crippen molar-refractivity contribution < 1.29 is 36.6 Å². The fourth-order valence-corrected chi connectivity index (χ4v) is 4.01. The monoisotopic (exact) mass is 342 g/mol. The van der Waals surface area contributed by atoms with Crippen LogP contribution < -0.4 is 0 Å². The Hall–Kier alpha value is 0.540. The maximum Gasteiger partial charge on any atom is 0.332 e. The van der Waals surface area contributed by atoms with E-state index < -0.39 is 23.0 Å². The molecule has 122 valence electrons. The first-order valence-corrected chi connectivity index (χ1v) is 9.05. The van der Waals surface area contributed by atoms with Crippen LogP contribution in [0.3, 0.4) is 0 Å². The van der Waals surface area contributed by atoms with E-state index in [1.807, 2.05) is 13.8 Å². The lowest BCUT2D eigenvalue weighted by atomic mass is 10.2. The van der Waals surface area contributed by atoms with Gasteiger partial charge in [-0.05, 0) is 13.8 Å². The van der Waals surface area contributed by atoms with Crippen LogP contribution in [0.4, 0.5) is 0 Å². The molecule has 3 aliphatic rings. The third-order valence-corrected chi connectivity index (χ3v) is 5.22. The van der Waals surface area contributed by atoms with Crippen molar-refractivity contribution in [3.63, 3.8) is 0 Å². The van der Waals surface area contributed by atoms with E-state index in [1.54, 1.807) is 0 Å². The summed E-state index contributed by atoms with van der Waals surface area (Å²) in [4.78, 5) is 0. The van der Waals surface area contributed by atoms with E-state index in [-0.39, 0.29) is 12.2 Å². The Labute approximate surface area is 126 Å². The lowest BCUT2D eigenvalue weighted by Crippen LogP contribution is -2.30.